The van der Waals surface area contributed by atoms with Crippen LogP contribution in [0.2, 0.25) is 0 Å². The molecule has 0 aliphatic heterocycles. The predicted molar refractivity (Wildman–Crippen MR) is 264 cm³/mol. The number of hydrogen-bond acceptors (Lipinski definition) is 2. The van der Waals surface area contributed by atoms with Crippen LogP contribution >= 0.6 is 0 Å². The maximum Gasteiger partial charge on any atom is 0.0540 e. The van der Waals surface area contributed by atoms with Crippen LogP contribution in [0.1, 0.15) is 0 Å². The number of fused-ring (bicyclic) bond motifs is 5. The minimum absolute atomic E-state index is 1.10. The highest BCUT2D eigenvalue weighted by molar-refractivity contribution is 6.23. The third-order valence-corrected chi connectivity index (χ3v) is 12.5. The molecule has 0 radical (unpaired) electrons. The standard InChI is InChI=1S/C60H40N2/c1-6-19-41(20-7-1)58-53-36-34-47(62(45-27-14-5-15-28-45)57-38-37-51-49-30-17-16-29-48(49)50-31-18-32-54(57)60(50)51)40-56(53)59(42-21-8-2-9-22-42)52-35-33-46(39-55(52)58)61(43-23-10-3-11-24-43)44-25-12-4-13-26-44/h1-40H. The molecule has 0 atom stereocenters. The molecule has 11 aromatic carbocycles. The molecule has 2 nitrogen and oxygen atoms in total. The fraction of sp³-hybridized carbons (Fsp3) is 0. The number of nitrogens with zero attached hydrogens (tertiary/aromatic N) is 2. The van der Waals surface area contributed by atoms with Crippen molar-refractivity contribution in [2.75, 3.05) is 9.80 Å². The van der Waals surface area contributed by atoms with Gasteiger partial charge in [0.2, 0.25) is 0 Å². The zero-order valence-corrected chi connectivity index (χ0v) is 34.0. The first kappa shape index (κ1) is 35.7. The lowest BCUT2D eigenvalue weighted by Gasteiger charge is -2.29. The van der Waals surface area contributed by atoms with Gasteiger partial charge < -0.3 is 9.80 Å². The number of benzene rings is 11. The van der Waals surface area contributed by atoms with E-state index in [1.165, 1.54) is 76.8 Å². The van der Waals surface area contributed by atoms with Crippen LogP contribution in [0, 0.1) is 0 Å². The van der Waals surface area contributed by atoms with Crippen molar-refractivity contribution in [1.82, 2.24) is 0 Å². The van der Waals surface area contributed by atoms with E-state index in [1.54, 1.807) is 0 Å². The third-order valence-electron chi connectivity index (χ3n) is 12.5. The highest BCUT2D eigenvalue weighted by Crippen LogP contribution is 2.52. The lowest BCUT2D eigenvalue weighted by molar-refractivity contribution is 1.29. The fourth-order valence-corrected chi connectivity index (χ4v) is 9.91. The Morgan fingerprint density at radius 1 is 0.226 bits per heavy atom. The summed E-state index contributed by atoms with van der Waals surface area (Å²) >= 11 is 0. The normalized spacial score (nSPS) is 11.5. The van der Waals surface area contributed by atoms with Crippen LogP contribution < -0.4 is 9.80 Å². The summed E-state index contributed by atoms with van der Waals surface area (Å²) in [6.45, 7) is 0. The summed E-state index contributed by atoms with van der Waals surface area (Å²) < 4.78 is 0. The zero-order valence-electron chi connectivity index (χ0n) is 34.0. The lowest BCUT2D eigenvalue weighted by Crippen LogP contribution is -2.11. The second-order valence-corrected chi connectivity index (χ2v) is 16.0. The Bertz CT molecular complexity index is 3370. The first-order valence-electron chi connectivity index (χ1n) is 21.4. The molecule has 0 amide bonds. The van der Waals surface area contributed by atoms with E-state index in [1.807, 2.05) is 0 Å². The summed E-state index contributed by atoms with van der Waals surface area (Å²) in [5, 5.41) is 7.37. The molecule has 0 aromatic heterocycles. The van der Waals surface area contributed by atoms with Crippen LogP contribution in [0.4, 0.5) is 34.1 Å². The van der Waals surface area contributed by atoms with E-state index in [0.29, 0.717) is 0 Å². The number of anilines is 6. The molecule has 0 N–H and O–H groups in total. The molecule has 0 saturated carbocycles. The van der Waals surface area contributed by atoms with Crippen molar-refractivity contribution >= 4 is 66.4 Å². The van der Waals surface area contributed by atoms with Crippen LogP contribution in [-0.2, 0) is 0 Å². The van der Waals surface area contributed by atoms with Crippen LogP contribution in [-0.4, -0.2) is 0 Å². The van der Waals surface area contributed by atoms with Crippen molar-refractivity contribution in [3.8, 4) is 44.5 Å². The van der Waals surface area contributed by atoms with Crippen molar-refractivity contribution in [2.24, 2.45) is 0 Å². The van der Waals surface area contributed by atoms with Crippen LogP contribution in [0.3, 0.4) is 0 Å². The maximum atomic E-state index is 2.45. The summed E-state index contributed by atoms with van der Waals surface area (Å²) in [7, 11) is 0. The smallest absolute Gasteiger partial charge is 0.0540 e. The van der Waals surface area contributed by atoms with Gasteiger partial charge in [0.1, 0.15) is 0 Å². The minimum Gasteiger partial charge on any atom is -0.310 e. The molecule has 0 bridgehead atoms. The SMILES string of the molecule is c1ccc(-c2c3ccc(N(c4ccccc4)c4ccc5c6c(cccc46)-c4ccccc4-5)cc3c(-c3ccccc3)c3ccc(N(c4ccccc4)c4ccccc4)cc23)cc1. The largest absolute Gasteiger partial charge is 0.310 e. The molecule has 290 valence electrons. The Hall–Kier alpha value is -8.20. The third kappa shape index (κ3) is 5.80. The number of hydrogen-bond donors (Lipinski definition) is 0. The second kappa shape index (κ2) is 14.8. The molecule has 0 spiro atoms. The molecular formula is C60H40N2. The Morgan fingerprint density at radius 2 is 0.629 bits per heavy atom. The zero-order chi connectivity index (χ0) is 41.0. The fourth-order valence-electron chi connectivity index (χ4n) is 9.91. The van der Waals surface area contributed by atoms with Crippen molar-refractivity contribution in [1.29, 1.82) is 0 Å². The average molecular weight is 789 g/mol. The van der Waals surface area contributed by atoms with Gasteiger partial charge in [0, 0.05) is 33.8 Å². The van der Waals surface area contributed by atoms with Gasteiger partial charge in [-0.2, -0.15) is 0 Å². The van der Waals surface area contributed by atoms with Crippen LogP contribution in [0.25, 0.3) is 76.8 Å². The Balaban J connectivity index is 1.15. The summed E-state index contributed by atoms with van der Waals surface area (Å²) in [5.74, 6) is 0. The van der Waals surface area contributed by atoms with Gasteiger partial charge in [-0.1, -0.05) is 176 Å². The molecule has 12 rings (SSSR count). The van der Waals surface area contributed by atoms with Crippen LogP contribution in [0.5, 0.6) is 0 Å². The molecule has 1 aliphatic rings. The topological polar surface area (TPSA) is 6.48 Å². The van der Waals surface area contributed by atoms with Crippen molar-refractivity contribution in [2.45, 2.75) is 0 Å². The Labute approximate surface area is 361 Å². The van der Waals surface area contributed by atoms with Gasteiger partial charge in [-0.25, -0.2) is 0 Å². The lowest BCUT2D eigenvalue weighted by atomic mass is 9.85. The van der Waals surface area contributed by atoms with E-state index in [0.717, 1.165) is 34.1 Å². The van der Waals surface area contributed by atoms with Crippen molar-refractivity contribution < 1.29 is 0 Å². The minimum atomic E-state index is 1.10. The summed E-state index contributed by atoms with van der Waals surface area (Å²) in [6, 6.07) is 88.5. The van der Waals surface area contributed by atoms with E-state index >= 15 is 0 Å². The molecule has 1 aliphatic carbocycles. The average Bonchev–Trinajstić information content (AvgIpc) is 3.67. The van der Waals surface area contributed by atoms with E-state index in [9.17, 15) is 0 Å². The van der Waals surface area contributed by atoms with Crippen molar-refractivity contribution in [3.63, 3.8) is 0 Å². The Kier molecular flexibility index (Phi) is 8.53. The molecule has 0 saturated heterocycles. The van der Waals surface area contributed by atoms with Gasteiger partial charge in [0.15, 0.2) is 0 Å². The van der Waals surface area contributed by atoms with Gasteiger partial charge >= 0.3 is 0 Å². The number of rotatable bonds is 8. The van der Waals surface area contributed by atoms with Crippen molar-refractivity contribution in [3.05, 3.63) is 243 Å². The summed E-state index contributed by atoms with van der Waals surface area (Å²) in [6.07, 6.45) is 0. The summed E-state index contributed by atoms with van der Waals surface area (Å²) in [4.78, 5) is 4.81. The predicted octanol–water partition coefficient (Wildman–Crippen LogP) is 17.1. The molecule has 2 heteroatoms. The summed E-state index contributed by atoms with van der Waals surface area (Å²) in [5.41, 5.74) is 16.7. The molecule has 0 unspecified atom stereocenters. The Morgan fingerprint density at radius 3 is 1.13 bits per heavy atom. The molecule has 62 heavy (non-hydrogen) atoms. The van der Waals surface area contributed by atoms with Gasteiger partial charge in [-0.3, -0.25) is 0 Å². The molecule has 0 heterocycles. The highest BCUT2D eigenvalue weighted by Gasteiger charge is 2.26. The monoisotopic (exact) mass is 788 g/mol. The molecule has 0 fully saturated rings. The quantitative estimate of drug-likeness (QED) is 0.142. The van der Waals surface area contributed by atoms with Gasteiger partial charge in [-0.15, -0.1) is 0 Å². The second-order valence-electron chi connectivity index (χ2n) is 16.0. The first-order valence-corrected chi connectivity index (χ1v) is 21.4. The number of para-hydroxylation sites is 3. The van der Waals surface area contributed by atoms with Gasteiger partial charge in [0.05, 0.1) is 5.69 Å². The maximum absolute atomic E-state index is 2.45. The highest BCUT2D eigenvalue weighted by atomic mass is 15.1. The molecule has 11 aromatic rings. The first-order chi connectivity index (χ1) is 30.8. The van der Waals surface area contributed by atoms with Gasteiger partial charge in [-0.05, 0) is 138 Å². The van der Waals surface area contributed by atoms with E-state index in [-0.39, 0.29) is 0 Å². The van der Waals surface area contributed by atoms with E-state index in [2.05, 4.69) is 252 Å². The molecular weight excluding hydrogens is 749 g/mol. The van der Waals surface area contributed by atoms with E-state index in [4.69, 9.17) is 0 Å². The van der Waals surface area contributed by atoms with E-state index < -0.39 is 0 Å². The van der Waals surface area contributed by atoms with Gasteiger partial charge in [0.25, 0.3) is 0 Å². The van der Waals surface area contributed by atoms with Crippen LogP contribution in [0.15, 0.2) is 243 Å².